The molecule has 0 aromatic rings. The van der Waals surface area contributed by atoms with Crippen molar-refractivity contribution in [1.82, 2.24) is 0 Å². The highest BCUT2D eigenvalue weighted by Crippen LogP contribution is 2.27. The van der Waals surface area contributed by atoms with E-state index in [4.69, 9.17) is 2.74 Å². The Balaban J connectivity index is 2.36. The molecule has 0 aliphatic heterocycles. The predicted molar refractivity (Wildman–Crippen MR) is 75.0 cm³/mol. The number of rotatable bonds is 7. The van der Waals surface area contributed by atoms with Crippen molar-refractivity contribution >= 4 is 10.1 Å². The molecule has 0 spiro atoms. The van der Waals surface area contributed by atoms with Gasteiger partial charge in [-0.3, -0.25) is 4.18 Å². The van der Waals surface area contributed by atoms with Gasteiger partial charge in [0.2, 0.25) is 0 Å². The maximum absolute atomic E-state index is 11.0. The minimum absolute atomic E-state index is 0.326. The molecule has 1 aliphatic carbocycles. The quantitative estimate of drug-likeness (QED) is 0.405. The molecular formula is C14H26O3S. The number of hydrogen-bond acceptors (Lipinski definition) is 3. The van der Waals surface area contributed by atoms with Crippen molar-refractivity contribution in [2.45, 2.75) is 58.3 Å². The Bertz CT molecular complexity index is 424. The van der Waals surface area contributed by atoms with Crippen molar-refractivity contribution in [2.75, 3.05) is 12.8 Å². The summed E-state index contributed by atoms with van der Waals surface area (Å²) in [6.07, 6.45) is 12.3. The summed E-state index contributed by atoms with van der Waals surface area (Å²) in [7, 11) is -3.79. The van der Waals surface area contributed by atoms with E-state index in [1.165, 1.54) is 38.5 Å². The minimum Gasteiger partial charge on any atom is -0.266 e. The lowest BCUT2D eigenvalue weighted by atomic mass is 9.86. The summed E-state index contributed by atoms with van der Waals surface area (Å²) in [6.45, 7) is -0.662. The second kappa shape index (κ2) is 7.95. The molecule has 3 nitrogen and oxygen atoms in total. The lowest BCUT2D eigenvalue weighted by Crippen LogP contribution is -2.06. The fourth-order valence-electron chi connectivity index (χ4n) is 2.38. The summed E-state index contributed by atoms with van der Waals surface area (Å²) in [5.74, 6) is 0.821. The second-order valence-corrected chi connectivity index (χ2v) is 6.79. The van der Waals surface area contributed by atoms with E-state index in [9.17, 15) is 8.42 Å². The summed E-state index contributed by atoms with van der Waals surface area (Å²) in [4.78, 5) is 0. The van der Waals surface area contributed by atoms with Crippen LogP contribution in [0.15, 0.2) is 11.6 Å². The van der Waals surface area contributed by atoms with Crippen LogP contribution in [0.5, 0.6) is 0 Å². The van der Waals surface area contributed by atoms with Gasteiger partial charge in [-0.2, -0.15) is 8.42 Å². The van der Waals surface area contributed by atoms with Crippen molar-refractivity contribution in [3.8, 4) is 0 Å². The molecule has 1 fully saturated rings. The molecule has 0 aromatic heterocycles. The largest absolute Gasteiger partial charge is 0.266 e. The van der Waals surface area contributed by atoms with E-state index in [2.05, 4.69) is 4.18 Å². The Morgan fingerprint density at radius 1 is 1.39 bits per heavy atom. The monoisotopic (exact) mass is 276 g/mol. The molecular weight excluding hydrogens is 248 g/mol. The van der Waals surface area contributed by atoms with Crippen LogP contribution in [0.3, 0.4) is 0 Å². The van der Waals surface area contributed by atoms with Gasteiger partial charge in [-0.1, -0.05) is 50.2 Å². The molecule has 0 unspecified atom stereocenters. The highest BCUT2D eigenvalue weighted by Gasteiger charge is 2.12. The molecule has 0 radical (unpaired) electrons. The van der Waals surface area contributed by atoms with Gasteiger partial charge in [0.25, 0.3) is 10.1 Å². The van der Waals surface area contributed by atoms with Crippen molar-refractivity contribution < 1.29 is 15.3 Å². The van der Waals surface area contributed by atoms with Crippen molar-refractivity contribution in [2.24, 2.45) is 5.92 Å². The van der Waals surface area contributed by atoms with Crippen LogP contribution < -0.4 is 0 Å². The van der Waals surface area contributed by atoms with E-state index in [1.807, 2.05) is 0 Å². The molecule has 18 heavy (non-hydrogen) atoms. The Labute approximate surface area is 115 Å². The summed E-state index contributed by atoms with van der Waals surface area (Å²) in [6, 6.07) is 0. The van der Waals surface area contributed by atoms with Gasteiger partial charge >= 0.3 is 0 Å². The van der Waals surface area contributed by atoms with Gasteiger partial charge in [-0.15, -0.1) is 0 Å². The summed E-state index contributed by atoms with van der Waals surface area (Å²) in [5.41, 5.74) is 0.326. The van der Waals surface area contributed by atoms with Gasteiger partial charge in [0.05, 0.1) is 15.6 Å². The fraction of sp³-hybridized carbons (Fsp3) is 0.857. The van der Waals surface area contributed by atoms with Crippen molar-refractivity contribution in [3.05, 3.63) is 11.6 Å². The van der Waals surface area contributed by atoms with Gasteiger partial charge in [-0.25, -0.2) is 0 Å². The predicted octanol–water partition coefficient (Wildman–Crippen LogP) is 3.66. The molecule has 1 saturated carbocycles. The van der Waals surface area contributed by atoms with Crippen LogP contribution in [0.1, 0.15) is 61.0 Å². The summed E-state index contributed by atoms with van der Waals surface area (Å²) < 4.78 is 41.7. The number of unbranched alkanes of at least 4 members (excludes halogenated alkanes) is 1. The minimum atomic E-state index is -3.79. The molecule has 1 aliphatic rings. The smallest absolute Gasteiger partial charge is 0.264 e. The average molecular weight is 276 g/mol. The van der Waals surface area contributed by atoms with Crippen LogP contribution in [-0.2, 0) is 14.3 Å². The summed E-state index contributed by atoms with van der Waals surface area (Å²) in [5, 5.41) is 0. The zero-order chi connectivity index (χ0) is 15.2. The van der Waals surface area contributed by atoms with E-state index in [0.29, 0.717) is 5.57 Å². The van der Waals surface area contributed by atoms with E-state index in [0.717, 1.165) is 25.0 Å². The third-order valence-corrected chi connectivity index (χ3v) is 3.73. The number of hydrogen-bond donors (Lipinski definition) is 0. The molecule has 0 saturated heterocycles. The first-order valence-electron chi connectivity index (χ1n) is 7.78. The average Bonchev–Trinajstić information content (AvgIpc) is 2.32. The van der Waals surface area contributed by atoms with Gasteiger partial charge < -0.3 is 0 Å². The zero-order valence-electron chi connectivity index (χ0n) is 13.4. The van der Waals surface area contributed by atoms with Crippen molar-refractivity contribution in [1.29, 1.82) is 0 Å². The molecule has 0 aromatic carbocycles. The molecule has 106 valence electrons. The first kappa shape index (κ1) is 12.7. The van der Waals surface area contributed by atoms with Crippen LogP contribution in [0, 0.1) is 5.92 Å². The summed E-state index contributed by atoms with van der Waals surface area (Å²) >= 11 is 0. The van der Waals surface area contributed by atoms with Crippen LogP contribution in [0.4, 0.5) is 0 Å². The maximum Gasteiger partial charge on any atom is 0.264 e. The topological polar surface area (TPSA) is 43.4 Å². The lowest BCUT2D eigenvalue weighted by molar-refractivity contribution is 0.332. The van der Waals surface area contributed by atoms with E-state index < -0.39 is 16.7 Å². The Morgan fingerprint density at radius 2 is 2.06 bits per heavy atom. The highest BCUT2D eigenvalue weighted by atomic mass is 32.2. The van der Waals surface area contributed by atoms with Gasteiger partial charge in [0.1, 0.15) is 0 Å². The fourth-order valence-corrected chi connectivity index (χ4v) is 2.67. The SMILES string of the molecule is [2H]C([2H])(OS(C)(=O)=O)/C(C)=C/CCCC1CCCCC1. The van der Waals surface area contributed by atoms with Crippen LogP contribution in [0.2, 0.25) is 0 Å². The van der Waals surface area contributed by atoms with E-state index in [-0.39, 0.29) is 0 Å². The van der Waals surface area contributed by atoms with Gasteiger partial charge in [0, 0.05) is 0 Å². The van der Waals surface area contributed by atoms with Crippen molar-refractivity contribution in [3.63, 3.8) is 0 Å². The molecule has 0 heterocycles. The third kappa shape index (κ3) is 7.88. The normalized spacial score (nSPS) is 21.6. The first-order chi connectivity index (χ1) is 9.21. The molecule has 0 bridgehead atoms. The Kier molecular flexibility index (Phi) is 5.60. The molecule has 0 amide bonds. The third-order valence-electron chi connectivity index (χ3n) is 3.35. The highest BCUT2D eigenvalue weighted by molar-refractivity contribution is 7.85. The Morgan fingerprint density at radius 3 is 2.67 bits per heavy atom. The Hall–Kier alpha value is -0.350. The number of allylic oxidation sites excluding steroid dienone is 1. The van der Waals surface area contributed by atoms with Crippen LogP contribution in [0.25, 0.3) is 0 Å². The molecule has 0 N–H and O–H groups in total. The van der Waals surface area contributed by atoms with E-state index in [1.54, 1.807) is 13.0 Å². The maximum atomic E-state index is 11.0. The lowest BCUT2D eigenvalue weighted by Gasteiger charge is -2.20. The van der Waals surface area contributed by atoms with Gasteiger partial charge in [-0.05, 0) is 25.7 Å². The standard InChI is InChI=1S/C14H26O3S/c1-13(12-17-18(2,15)16)8-6-7-11-14-9-4-3-5-10-14/h8,14H,3-7,9-12H2,1-2H3/b13-8+/i12D2. The second-order valence-electron chi connectivity index (χ2n) is 5.21. The zero-order valence-corrected chi connectivity index (χ0v) is 12.3. The van der Waals surface area contributed by atoms with Crippen LogP contribution >= 0.6 is 0 Å². The molecule has 0 atom stereocenters. The van der Waals surface area contributed by atoms with Gasteiger partial charge in [0.15, 0.2) is 0 Å². The first-order valence-corrected chi connectivity index (χ1v) is 8.60. The van der Waals surface area contributed by atoms with Crippen LogP contribution in [-0.4, -0.2) is 21.2 Å². The molecule has 4 heteroatoms. The molecule has 1 rings (SSSR count). The van der Waals surface area contributed by atoms with E-state index >= 15 is 0 Å².